The number of pyridine rings is 1. The van der Waals surface area contributed by atoms with Crippen LogP contribution in [0.3, 0.4) is 0 Å². The fraction of sp³-hybridized carbons (Fsp3) is 0. The summed E-state index contributed by atoms with van der Waals surface area (Å²) in [6.45, 7) is 0. The molecule has 0 N–H and O–H groups in total. The van der Waals surface area contributed by atoms with Crippen molar-refractivity contribution in [2.45, 2.75) is 0 Å². The molecule has 0 fully saturated rings. The summed E-state index contributed by atoms with van der Waals surface area (Å²) in [5.74, 6) is -2.16. The summed E-state index contributed by atoms with van der Waals surface area (Å²) in [7, 11) is 0. The molecule has 0 radical (unpaired) electrons. The van der Waals surface area contributed by atoms with Gasteiger partial charge in [-0.25, -0.2) is 4.79 Å². The molecular formula is C16H7ClN2O4S. The highest BCUT2D eigenvalue weighted by atomic mass is 35.5. The van der Waals surface area contributed by atoms with Gasteiger partial charge in [0, 0.05) is 11.6 Å². The number of hydrogen-bond acceptors (Lipinski definition) is 6. The molecule has 2 aromatic heterocycles. The van der Waals surface area contributed by atoms with Crippen LogP contribution >= 0.6 is 22.9 Å². The minimum atomic E-state index is -0.828. The maximum absolute atomic E-state index is 12.4. The molecule has 1 aliphatic heterocycles. The maximum atomic E-state index is 12.4. The zero-order valence-electron chi connectivity index (χ0n) is 11.9. The molecule has 3 aromatic rings. The topological polar surface area (TPSA) is 76.6 Å². The number of nitrogens with zero attached hydrogens (tertiary/aromatic N) is 2. The zero-order chi connectivity index (χ0) is 16.8. The van der Waals surface area contributed by atoms with E-state index in [0.29, 0.717) is 20.3 Å². The van der Waals surface area contributed by atoms with Gasteiger partial charge in [-0.05, 0) is 18.2 Å². The number of hydroxylamine groups is 2. The monoisotopic (exact) mass is 358 g/mol. The fourth-order valence-electron chi connectivity index (χ4n) is 2.42. The third kappa shape index (κ3) is 2.17. The van der Waals surface area contributed by atoms with E-state index in [1.807, 2.05) is 0 Å². The number of hydrogen-bond donors (Lipinski definition) is 0. The molecule has 2 amide bonds. The standard InChI is InChI=1S/C16H7ClN2O4S/c17-8-5-12-13(18-6-8)11(7-24-12)16(22)23-19-14(20)9-3-1-2-4-10(9)15(19)21/h1-7H. The van der Waals surface area contributed by atoms with Gasteiger partial charge >= 0.3 is 5.97 Å². The van der Waals surface area contributed by atoms with Crippen LogP contribution in [-0.4, -0.2) is 27.8 Å². The number of imide groups is 1. The van der Waals surface area contributed by atoms with Gasteiger partial charge in [0.25, 0.3) is 11.8 Å². The molecule has 0 unspecified atom stereocenters. The highest BCUT2D eigenvalue weighted by Gasteiger charge is 2.39. The van der Waals surface area contributed by atoms with Gasteiger partial charge in [-0.15, -0.1) is 11.3 Å². The molecule has 6 nitrogen and oxygen atoms in total. The molecular weight excluding hydrogens is 352 g/mol. The van der Waals surface area contributed by atoms with Crippen molar-refractivity contribution in [2.24, 2.45) is 0 Å². The first-order valence-electron chi connectivity index (χ1n) is 6.79. The third-order valence-electron chi connectivity index (χ3n) is 3.53. The van der Waals surface area contributed by atoms with Crippen LogP contribution in [0.1, 0.15) is 31.1 Å². The Hall–Kier alpha value is -2.77. The van der Waals surface area contributed by atoms with Gasteiger partial charge < -0.3 is 4.84 Å². The maximum Gasteiger partial charge on any atom is 0.366 e. The van der Waals surface area contributed by atoms with Crippen LogP contribution in [0.4, 0.5) is 0 Å². The Morgan fingerprint density at radius 3 is 2.50 bits per heavy atom. The molecule has 1 aromatic carbocycles. The number of aromatic nitrogens is 1. The molecule has 0 atom stereocenters. The SMILES string of the molecule is O=C(ON1C(=O)c2ccccc2C1=O)c1csc2cc(Cl)cnc12. The van der Waals surface area contributed by atoms with Gasteiger partial charge in [-0.2, -0.15) is 0 Å². The normalized spacial score (nSPS) is 13.5. The lowest BCUT2D eigenvalue weighted by Gasteiger charge is -2.12. The Morgan fingerprint density at radius 2 is 1.83 bits per heavy atom. The van der Waals surface area contributed by atoms with Gasteiger partial charge in [0.15, 0.2) is 0 Å². The van der Waals surface area contributed by atoms with E-state index in [1.165, 1.54) is 29.7 Å². The van der Waals surface area contributed by atoms with Crippen molar-refractivity contribution in [3.05, 3.63) is 63.6 Å². The lowest BCUT2D eigenvalue weighted by Crippen LogP contribution is -2.32. The molecule has 0 saturated carbocycles. The predicted molar refractivity (Wildman–Crippen MR) is 87.0 cm³/mol. The largest absolute Gasteiger partial charge is 0.366 e. The fourth-order valence-corrected chi connectivity index (χ4v) is 3.56. The van der Waals surface area contributed by atoms with Crippen molar-refractivity contribution in [2.75, 3.05) is 0 Å². The molecule has 24 heavy (non-hydrogen) atoms. The Bertz CT molecular complexity index is 995. The second-order valence-corrected chi connectivity index (χ2v) is 6.33. The predicted octanol–water partition coefficient (Wildman–Crippen LogP) is 3.32. The summed E-state index contributed by atoms with van der Waals surface area (Å²) in [5.41, 5.74) is 0.986. The summed E-state index contributed by atoms with van der Waals surface area (Å²) in [6.07, 6.45) is 1.41. The number of amides is 2. The molecule has 0 bridgehead atoms. The van der Waals surface area contributed by atoms with E-state index in [9.17, 15) is 14.4 Å². The van der Waals surface area contributed by atoms with Crippen molar-refractivity contribution >= 4 is 50.9 Å². The van der Waals surface area contributed by atoms with Crippen molar-refractivity contribution in [1.29, 1.82) is 0 Å². The average molecular weight is 359 g/mol. The molecule has 0 saturated heterocycles. The van der Waals surface area contributed by atoms with Crippen LogP contribution in [0, 0.1) is 0 Å². The Kier molecular flexibility index (Phi) is 3.33. The number of benzene rings is 1. The van der Waals surface area contributed by atoms with Crippen molar-refractivity contribution in [3.63, 3.8) is 0 Å². The number of rotatable bonds is 2. The molecule has 0 spiro atoms. The highest BCUT2D eigenvalue weighted by Crippen LogP contribution is 2.28. The minimum Gasteiger partial charge on any atom is -0.324 e. The van der Waals surface area contributed by atoms with Crippen LogP contribution in [0.5, 0.6) is 0 Å². The van der Waals surface area contributed by atoms with E-state index in [-0.39, 0.29) is 16.7 Å². The van der Waals surface area contributed by atoms with E-state index in [2.05, 4.69) is 4.98 Å². The number of carbonyl (C=O) groups is 3. The second kappa shape index (κ2) is 5.40. The van der Waals surface area contributed by atoms with Gasteiger partial charge in [-0.1, -0.05) is 28.8 Å². The molecule has 3 heterocycles. The molecule has 0 aliphatic carbocycles. The number of thiophene rings is 1. The van der Waals surface area contributed by atoms with E-state index in [4.69, 9.17) is 16.4 Å². The number of halogens is 1. The van der Waals surface area contributed by atoms with Crippen LogP contribution in [-0.2, 0) is 4.84 Å². The molecule has 1 aliphatic rings. The van der Waals surface area contributed by atoms with E-state index >= 15 is 0 Å². The first-order chi connectivity index (χ1) is 11.6. The van der Waals surface area contributed by atoms with Gasteiger partial charge in [-0.3, -0.25) is 14.6 Å². The molecule has 118 valence electrons. The summed E-state index contributed by atoms with van der Waals surface area (Å²) < 4.78 is 0.705. The lowest BCUT2D eigenvalue weighted by molar-refractivity contribution is -0.0583. The Morgan fingerprint density at radius 1 is 1.17 bits per heavy atom. The zero-order valence-corrected chi connectivity index (χ0v) is 13.4. The van der Waals surface area contributed by atoms with Crippen molar-refractivity contribution in [3.8, 4) is 0 Å². The first kappa shape index (κ1) is 14.8. The van der Waals surface area contributed by atoms with E-state index in [1.54, 1.807) is 23.6 Å². The van der Waals surface area contributed by atoms with Gasteiger partial charge in [0.2, 0.25) is 0 Å². The van der Waals surface area contributed by atoms with Gasteiger partial charge in [0.1, 0.15) is 0 Å². The van der Waals surface area contributed by atoms with E-state index in [0.717, 1.165) is 0 Å². The summed E-state index contributed by atoms with van der Waals surface area (Å²) in [4.78, 5) is 45.9. The Labute approximate surface area is 144 Å². The van der Waals surface area contributed by atoms with Crippen LogP contribution < -0.4 is 0 Å². The Balaban J connectivity index is 1.65. The summed E-state index contributed by atoms with van der Waals surface area (Å²) in [5, 5.41) is 2.48. The average Bonchev–Trinajstić information content (AvgIpc) is 3.10. The number of fused-ring (bicyclic) bond motifs is 2. The minimum absolute atomic E-state index is 0.170. The smallest absolute Gasteiger partial charge is 0.324 e. The third-order valence-corrected chi connectivity index (χ3v) is 4.65. The van der Waals surface area contributed by atoms with Crippen LogP contribution in [0.25, 0.3) is 10.2 Å². The van der Waals surface area contributed by atoms with E-state index < -0.39 is 17.8 Å². The van der Waals surface area contributed by atoms with Crippen LogP contribution in [0.15, 0.2) is 41.9 Å². The van der Waals surface area contributed by atoms with Gasteiger partial charge in [0.05, 0.1) is 31.9 Å². The summed E-state index contributed by atoms with van der Waals surface area (Å²) in [6, 6.07) is 7.96. The molecule has 4 rings (SSSR count). The highest BCUT2D eigenvalue weighted by molar-refractivity contribution is 7.17. The second-order valence-electron chi connectivity index (χ2n) is 4.98. The lowest BCUT2D eigenvalue weighted by atomic mass is 10.1. The molecule has 8 heteroatoms. The van der Waals surface area contributed by atoms with Crippen LogP contribution in [0.2, 0.25) is 5.02 Å². The van der Waals surface area contributed by atoms with Crippen molar-refractivity contribution in [1.82, 2.24) is 10.0 Å². The quantitative estimate of drug-likeness (QED) is 0.657. The van der Waals surface area contributed by atoms with Crippen molar-refractivity contribution < 1.29 is 19.2 Å². The first-order valence-corrected chi connectivity index (χ1v) is 8.05. The summed E-state index contributed by atoms with van der Waals surface area (Å²) >= 11 is 7.13. The number of carbonyl (C=O) groups excluding carboxylic acids is 3.